The Morgan fingerprint density at radius 2 is 2.00 bits per heavy atom. The molecular formula is C17H29NO2Si. The molecule has 0 spiro atoms. The van der Waals surface area contributed by atoms with Crippen molar-refractivity contribution in [1.82, 2.24) is 0 Å². The molecule has 0 unspecified atom stereocenters. The molecule has 118 valence electrons. The second kappa shape index (κ2) is 6.01. The van der Waals surface area contributed by atoms with Gasteiger partial charge in [0.1, 0.15) is 12.4 Å². The summed E-state index contributed by atoms with van der Waals surface area (Å²) >= 11 is 0. The van der Waals surface area contributed by atoms with E-state index in [1.54, 1.807) is 0 Å². The first-order valence-corrected chi connectivity index (χ1v) is 10.7. The molecule has 1 heterocycles. The molecule has 0 saturated heterocycles. The number of aryl methyl sites for hydroxylation is 1. The predicted octanol–water partition coefficient (Wildman–Crippen LogP) is 4.22. The number of fused-ring (bicyclic) bond motifs is 1. The summed E-state index contributed by atoms with van der Waals surface area (Å²) in [5, 5.41) is 0.270. The molecule has 0 aliphatic carbocycles. The summed E-state index contributed by atoms with van der Waals surface area (Å²) in [4.78, 5) is 2.39. The first-order chi connectivity index (χ1) is 9.71. The SMILES string of the molecule is Cc1ccc2c(c1)N(CCO[Si](C)(C)C(C)(C)C)CCO2. The van der Waals surface area contributed by atoms with E-state index < -0.39 is 8.32 Å². The highest BCUT2D eigenvalue weighted by Gasteiger charge is 2.37. The van der Waals surface area contributed by atoms with Gasteiger partial charge in [-0.3, -0.25) is 0 Å². The Morgan fingerprint density at radius 3 is 2.67 bits per heavy atom. The minimum Gasteiger partial charge on any atom is -0.490 e. The number of nitrogens with zero attached hydrogens (tertiary/aromatic N) is 1. The zero-order valence-corrected chi connectivity index (χ0v) is 15.3. The zero-order chi connectivity index (χ0) is 15.7. The minimum atomic E-state index is -1.65. The van der Waals surface area contributed by atoms with Crippen molar-refractivity contribution in [3.8, 4) is 5.75 Å². The number of hydrogen-bond acceptors (Lipinski definition) is 3. The molecule has 3 nitrogen and oxygen atoms in total. The Bertz CT molecular complexity index is 494. The van der Waals surface area contributed by atoms with E-state index in [0.717, 1.165) is 32.1 Å². The first-order valence-electron chi connectivity index (χ1n) is 7.83. The standard InChI is InChI=1S/C17H29NO2Si/c1-14-7-8-16-15(13-14)18(9-11-19-16)10-12-20-21(5,6)17(2,3)4/h7-8,13H,9-12H2,1-6H3. The highest BCUT2D eigenvalue weighted by molar-refractivity contribution is 6.74. The van der Waals surface area contributed by atoms with E-state index in [9.17, 15) is 0 Å². The predicted molar refractivity (Wildman–Crippen MR) is 92.0 cm³/mol. The van der Waals surface area contributed by atoms with Crippen LogP contribution < -0.4 is 9.64 Å². The second-order valence-electron chi connectivity index (χ2n) is 7.42. The third-order valence-electron chi connectivity index (χ3n) is 4.70. The van der Waals surface area contributed by atoms with E-state index in [-0.39, 0.29) is 5.04 Å². The average molecular weight is 308 g/mol. The van der Waals surface area contributed by atoms with Gasteiger partial charge in [-0.25, -0.2) is 0 Å². The summed E-state index contributed by atoms with van der Waals surface area (Å²) < 4.78 is 12.0. The fourth-order valence-electron chi connectivity index (χ4n) is 2.24. The van der Waals surface area contributed by atoms with Crippen molar-refractivity contribution in [3.63, 3.8) is 0 Å². The number of rotatable bonds is 4. The summed E-state index contributed by atoms with van der Waals surface area (Å²) in [5.41, 5.74) is 2.48. The fourth-order valence-corrected chi connectivity index (χ4v) is 3.28. The van der Waals surface area contributed by atoms with Gasteiger partial charge in [0.15, 0.2) is 8.32 Å². The lowest BCUT2D eigenvalue weighted by atomic mass is 10.1. The Balaban J connectivity index is 1.98. The van der Waals surface area contributed by atoms with E-state index in [1.807, 2.05) is 0 Å². The fraction of sp³-hybridized carbons (Fsp3) is 0.647. The topological polar surface area (TPSA) is 21.7 Å². The summed E-state index contributed by atoms with van der Waals surface area (Å²) in [6.07, 6.45) is 0. The van der Waals surface area contributed by atoms with E-state index in [0.29, 0.717) is 0 Å². The van der Waals surface area contributed by atoms with Crippen molar-refractivity contribution >= 4 is 14.0 Å². The molecule has 1 aliphatic rings. The molecule has 1 aliphatic heterocycles. The van der Waals surface area contributed by atoms with Gasteiger partial charge >= 0.3 is 0 Å². The Kier molecular flexibility index (Phi) is 4.68. The van der Waals surface area contributed by atoms with Gasteiger partial charge in [-0.15, -0.1) is 0 Å². The summed E-state index contributed by atoms with van der Waals surface area (Å²) in [6.45, 7) is 17.0. The van der Waals surface area contributed by atoms with Crippen LogP contribution in [-0.2, 0) is 4.43 Å². The van der Waals surface area contributed by atoms with Crippen molar-refractivity contribution < 1.29 is 9.16 Å². The molecule has 0 N–H and O–H groups in total. The molecule has 0 radical (unpaired) electrons. The van der Waals surface area contributed by atoms with Crippen LogP contribution in [0.1, 0.15) is 26.3 Å². The van der Waals surface area contributed by atoms with Crippen LogP contribution in [0, 0.1) is 6.92 Å². The molecule has 0 atom stereocenters. The van der Waals surface area contributed by atoms with Gasteiger partial charge in [0.05, 0.1) is 18.8 Å². The molecule has 0 aromatic heterocycles. The van der Waals surface area contributed by atoms with Crippen LogP contribution in [0.5, 0.6) is 5.75 Å². The van der Waals surface area contributed by atoms with E-state index in [2.05, 4.69) is 63.9 Å². The molecule has 1 aromatic carbocycles. The minimum absolute atomic E-state index is 0.270. The monoisotopic (exact) mass is 307 g/mol. The second-order valence-corrected chi connectivity index (χ2v) is 12.2. The van der Waals surface area contributed by atoms with Crippen LogP contribution >= 0.6 is 0 Å². The molecule has 21 heavy (non-hydrogen) atoms. The van der Waals surface area contributed by atoms with Crippen LogP contribution in [0.25, 0.3) is 0 Å². The van der Waals surface area contributed by atoms with Crippen molar-refractivity contribution in [2.75, 3.05) is 31.2 Å². The molecule has 4 heteroatoms. The lowest BCUT2D eigenvalue weighted by Gasteiger charge is -2.37. The maximum Gasteiger partial charge on any atom is 0.192 e. The van der Waals surface area contributed by atoms with Gasteiger partial charge in [0.2, 0.25) is 0 Å². The van der Waals surface area contributed by atoms with E-state index in [1.165, 1.54) is 11.3 Å². The number of benzene rings is 1. The van der Waals surface area contributed by atoms with Crippen LogP contribution in [0.3, 0.4) is 0 Å². The smallest absolute Gasteiger partial charge is 0.192 e. The van der Waals surface area contributed by atoms with Crippen LogP contribution in [0.4, 0.5) is 5.69 Å². The molecule has 0 fully saturated rings. The third kappa shape index (κ3) is 3.80. The summed E-state index contributed by atoms with van der Waals surface area (Å²) in [5.74, 6) is 0.999. The van der Waals surface area contributed by atoms with Gasteiger partial charge in [-0.2, -0.15) is 0 Å². The first kappa shape index (κ1) is 16.4. The highest BCUT2D eigenvalue weighted by Crippen LogP contribution is 2.37. The number of ether oxygens (including phenoxy) is 1. The largest absolute Gasteiger partial charge is 0.490 e. The van der Waals surface area contributed by atoms with Crippen molar-refractivity contribution in [2.45, 2.75) is 45.8 Å². The average Bonchev–Trinajstić information content (AvgIpc) is 2.37. The third-order valence-corrected chi connectivity index (χ3v) is 9.24. The molecule has 1 aromatic rings. The Morgan fingerprint density at radius 1 is 1.29 bits per heavy atom. The normalized spacial score (nSPS) is 15.6. The number of hydrogen-bond donors (Lipinski definition) is 0. The Hall–Kier alpha value is -1.00. The maximum absolute atomic E-state index is 6.30. The van der Waals surface area contributed by atoms with E-state index in [4.69, 9.17) is 9.16 Å². The van der Waals surface area contributed by atoms with Gasteiger partial charge in [-0.1, -0.05) is 26.8 Å². The van der Waals surface area contributed by atoms with Crippen LogP contribution in [0.2, 0.25) is 18.1 Å². The Labute approximate surface area is 130 Å². The van der Waals surface area contributed by atoms with Gasteiger partial charge < -0.3 is 14.1 Å². The van der Waals surface area contributed by atoms with E-state index >= 15 is 0 Å². The maximum atomic E-state index is 6.30. The quantitative estimate of drug-likeness (QED) is 0.778. The summed E-state index contributed by atoms with van der Waals surface area (Å²) in [7, 11) is -1.65. The van der Waals surface area contributed by atoms with Crippen molar-refractivity contribution in [1.29, 1.82) is 0 Å². The van der Waals surface area contributed by atoms with Gasteiger partial charge in [-0.05, 0) is 42.8 Å². The van der Waals surface area contributed by atoms with Crippen LogP contribution in [-0.4, -0.2) is 34.6 Å². The van der Waals surface area contributed by atoms with Gasteiger partial charge in [0.25, 0.3) is 0 Å². The molecular weight excluding hydrogens is 278 g/mol. The van der Waals surface area contributed by atoms with Crippen molar-refractivity contribution in [3.05, 3.63) is 23.8 Å². The lowest BCUT2D eigenvalue weighted by Crippen LogP contribution is -2.43. The van der Waals surface area contributed by atoms with Crippen molar-refractivity contribution in [2.24, 2.45) is 0 Å². The molecule has 0 bridgehead atoms. The lowest BCUT2D eigenvalue weighted by molar-refractivity contribution is 0.275. The van der Waals surface area contributed by atoms with Crippen LogP contribution in [0.15, 0.2) is 18.2 Å². The molecule has 2 rings (SSSR count). The summed E-state index contributed by atoms with van der Waals surface area (Å²) in [6, 6.07) is 6.39. The number of anilines is 1. The zero-order valence-electron chi connectivity index (χ0n) is 14.3. The highest BCUT2D eigenvalue weighted by atomic mass is 28.4. The molecule has 0 amide bonds. The van der Waals surface area contributed by atoms with Gasteiger partial charge in [0, 0.05) is 6.54 Å². The molecule has 0 saturated carbocycles.